The van der Waals surface area contributed by atoms with Crippen LogP contribution in [0.25, 0.3) is 0 Å². The van der Waals surface area contributed by atoms with E-state index in [0.29, 0.717) is 13.0 Å². The number of rotatable bonds is 3. The number of para-hydroxylation sites is 1. The fraction of sp³-hybridized carbons (Fsp3) is 0.273. The van der Waals surface area contributed by atoms with Gasteiger partial charge in [-0.05, 0) is 18.1 Å². The zero-order valence-corrected chi connectivity index (χ0v) is 8.81. The molecule has 0 aliphatic carbocycles. The molecule has 1 aromatic rings. The van der Waals surface area contributed by atoms with Gasteiger partial charge in [-0.25, -0.2) is 0 Å². The molecule has 1 heterocycles. The minimum Gasteiger partial charge on any atom is -0.370 e. The lowest BCUT2D eigenvalue weighted by Gasteiger charge is -2.06. The molecule has 1 unspecified atom stereocenters. The van der Waals surface area contributed by atoms with Crippen LogP contribution in [0.5, 0.6) is 0 Å². The van der Waals surface area contributed by atoms with Crippen molar-refractivity contribution in [2.75, 3.05) is 11.9 Å². The monoisotopic (exact) mass is 218 g/mol. The molecule has 0 bridgehead atoms. The van der Waals surface area contributed by atoms with E-state index >= 15 is 0 Å². The SMILES string of the molecule is NC(N)=NCCC1C(=O)Nc2ccccc21. The van der Waals surface area contributed by atoms with Crippen molar-refractivity contribution in [2.45, 2.75) is 12.3 Å². The Morgan fingerprint density at radius 3 is 2.88 bits per heavy atom. The van der Waals surface area contributed by atoms with E-state index in [0.717, 1.165) is 11.3 Å². The van der Waals surface area contributed by atoms with Gasteiger partial charge in [0.25, 0.3) is 0 Å². The van der Waals surface area contributed by atoms with Gasteiger partial charge in [-0.3, -0.25) is 9.79 Å². The molecule has 16 heavy (non-hydrogen) atoms. The number of fused-ring (bicyclic) bond motifs is 1. The molecule has 0 fully saturated rings. The van der Waals surface area contributed by atoms with Crippen molar-refractivity contribution in [3.63, 3.8) is 0 Å². The molecule has 84 valence electrons. The van der Waals surface area contributed by atoms with Gasteiger partial charge in [-0.15, -0.1) is 0 Å². The summed E-state index contributed by atoms with van der Waals surface area (Å²) in [6, 6.07) is 7.67. The van der Waals surface area contributed by atoms with Crippen LogP contribution in [0.15, 0.2) is 29.3 Å². The molecule has 1 amide bonds. The Balaban J connectivity index is 2.10. The van der Waals surface area contributed by atoms with Crippen LogP contribution in [-0.2, 0) is 4.79 Å². The molecular weight excluding hydrogens is 204 g/mol. The summed E-state index contributed by atoms with van der Waals surface area (Å²) >= 11 is 0. The van der Waals surface area contributed by atoms with E-state index in [4.69, 9.17) is 11.5 Å². The van der Waals surface area contributed by atoms with Crippen LogP contribution >= 0.6 is 0 Å². The van der Waals surface area contributed by atoms with E-state index < -0.39 is 0 Å². The van der Waals surface area contributed by atoms with Crippen LogP contribution in [0.4, 0.5) is 5.69 Å². The first-order chi connectivity index (χ1) is 7.68. The lowest BCUT2D eigenvalue weighted by Crippen LogP contribution is -2.23. The second-order valence-electron chi connectivity index (χ2n) is 3.72. The van der Waals surface area contributed by atoms with Crippen molar-refractivity contribution in [1.29, 1.82) is 0 Å². The second kappa shape index (κ2) is 4.22. The Morgan fingerprint density at radius 1 is 1.38 bits per heavy atom. The molecule has 5 nitrogen and oxygen atoms in total. The molecule has 2 rings (SSSR count). The third kappa shape index (κ3) is 1.98. The van der Waals surface area contributed by atoms with E-state index in [1.807, 2.05) is 24.3 Å². The highest BCUT2D eigenvalue weighted by Crippen LogP contribution is 2.34. The predicted molar refractivity (Wildman–Crippen MR) is 63.1 cm³/mol. The Kier molecular flexibility index (Phi) is 2.76. The smallest absolute Gasteiger partial charge is 0.232 e. The van der Waals surface area contributed by atoms with Crippen LogP contribution < -0.4 is 16.8 Å². The topological polar surface area (TPSA) is 93.5 Å². The zero-order valence-electron chi connectivity index (χ0n) is 8.81. The van der Waals surface area contributed by atoms with Crippen molar-refractivity contribution in [2.24, 2.45) is 16.5 Å². The maximum absolute atomic E-state index is 11.7. The summed E-state index contributed by atoms with van der Waals surface area (Å²) in [6.45, 7) is 0.467. The first-order valence-corrected chi connectivity index (χ1v) is 5.13. The average Bonchev–Trinajstić information content (AvgIpc) is 2.55. The van der Waals surface area contributed by atoms with Gasteiger partial charge in [0.05, 0.1) is 5.92 Å². The lowest BCUT2D eigenvalue weighted by molar-refractivity contribution is -0.117. The molecule has 0 radical (unpaired) electrons. The summed E-state index contributed by atoms with van der Waals surface area (Å²) in [5.41, 5.74) is 12.4. The third-order valence-corrected chi connectivity index (χ3v) is 2.62. The van der Waals surface area contributed by atoms with E-state index in [2.05, 4.69) is 10.3 Å². The van der Waals surface area contributed by atoms with E-state index in [9.17, 15) is 4.79 Å². The van der Waals surface area contributed by atoms with Crippen molar-refractivity contribution in [1.82, 2.24) is 0 Å². The minimum atomic E-state index is -0.140. The maximum Gasteiger partial charge on any atom is 0.232 e. The third-order valence-electron chi connectivity index (χ3n) is 2.62. The average molecular weight is 218 g/mol. The number of carbonyl (C=O) groups is 1. The first-order valence-electron chi connectivity index (χ1n) is 5.13. The Morgan fingerprint density at radius 2 is 2.12 bits per heavy atom. The number of carbonyl (C=O) groups excluding carboxylic acids is 1. The number of amides is 1. The number of nitrogens with one attached hydrogen (secondary N) is 1. The highest BCUT2D eigenvalue weighted by molar-refractivity contribution is 6.02. The Bertz CT molecular complexity index is 437. The standard InChI is InChI=1S/C11H14N4O/c12-11(13)14-6-5-8-7-3-1-2-4-9(7)15-10(8)16/h1-4,8H,5-6H2,(H,15,16)(H4,12,13,14). The van der Waals surface area contributed by atoms with Crippen LogP contribution in [-0.4, -0.2) is 18.4 Å². The summed E-state index contributed by atoms with van der Waals surface area (Å²) in [5, 5.41) is 2.84. The molecule has 1 aliphatic heterocycles. The van der Waals surface area contributed by atoms with Crippen LogP contribution in [0.3, 0.4) is 0 Å². The highest BCUT2D eigenvalue weighted by Gasteiger charge is 2.29. The molecule has 0 spiro atoms. The maximum atomic E-state index is 11.7. The highest BCUT2D eigenvalue weighted by atomic mass is 16.2. The first kappa shape index (κ1) is 10.5. The van der Waals surface area contributed by atoms with E-state index in [-0.39, 0.29) is 17.8 Å². The molecule has 1 aliphatic rings. The number of guanidine groups is 1. The number of nitrogens with zero attached hydrogens (tertiary/aromatic N) is 1. The number of anilines is 1. The summed E-state index contributed by atoms with van der Waals surface area (Å²) in [4.78, 5) is 15.6. The quantitative estimate of drug-likeness (QED) is 0.506. The molecule has 5 N–H and O–H groups in total. The number of hydrogen-bond acceptors (Lipinski definition) is 2. The summed E-state index contributed by atoms with van der Waals surface area (Å²) in [6.07, 6.45) is 0.626. The normalized spacial score (nSPS) is 17.8. The van der Waals surface area contributed by atoms with Crippen LogP contribution in [0.2, 0.25) is 0 Å². The molecule has 0 aromatic heterocycles. The predicted octanol–water partition coefficient (Wildman–Crippen LogP) is 0.386. The molecule has 1 atom stereocenters. The Hall–Kier alpha value is -2.04. The minimum absolute atomic E-state index is 0.0204. The van der Waals surface area contributed by atoms with E-state index in [1.165, 1.54) is 0 Å². The molecular formula is C11H14N4O. The van der Waals surface area contributed by atoms with Gasteiger partial charge in [0.15, 0.2) is 5.96 Å². The second-order valence-corrected chi connectivity index (χ2v) is 3.72. The summed E-state index contributed by atoms with van der Waals surface area (Å²) < 4.78 is 0. The van der Waals surface area contributed by atoms with E-state index in [1.54, 1.807) is 0 Å². The summed E-state index contributed by atoms with van der Waals surface area (Å²) in [5.74, 6) is -0.0574. The molecule has 5 heteroatoms. The fourth-order valence-electron chi connectivity index (χ4n) is 1.89. The van der Waals surface area contributed by atoms with Crippen LogP contribution in [0.1, 0.15) is 17.9 Å². The lowest BCUT2D eigenvalue weighted by atomic mass is 9.97. The molecule has 1 aromatic carbocycles. The van der Waals surface area contributed by atoms with Gasteiger partial charge < -0.3 is 16.8 Å². The van der Waals surface area contributed by atoms with Gasteiger partial charge in [0, 0.05) is 12.2 Å². The van der Waals surface area contributed by atoms with Crippen molar-refractivity contribution in [3.05, 3.63) is 29.8 Å². The van der Waals surface area contributed by atoms with Crippen molar-refractivity contribution in [3.8, 4) is 0 Å². The van der Waals surface area contributed by atoms with Crippen molar-refractivity contribution >= 4 is 17.6 Å². The Labute approximate surface area is 93.5 Å². The van der Waals surface area contributed by atoms with Gasteiger partial charge >= 0.3 is 0 Å². The number of hydrogen-bond donors (Lipinski definition) is 3. The zero-order chi connectivity index (χ0) is 11.5. The van der Waals surface area contributed by atoms with Crippen LogP contribution in [0, 0.1) is 0 Å². The van der Waals surface area contributed by atoms with Gasteiger partial charge in [-0.2, -0.15) is 0 Å². The van der Waals surface area contributed by atoms with Gasteiger partial charge in [0.1, 0.15) is 0 Å². The number of benzene rings is 1. The largest absolute Gasteiger partial charge is 0.370 e. The number of aliphatic imine (C=N–C) groups is 1. The van der Waals surface area contributed by atoms with Gasteiger partial charge in [-0.1, -0.05) is 18.2 Å². The molecule has 0 saturated carbocycles. The van der Waals surface area contributed by atoms with Gasteiger partial charge in [0.2, 0.25) is 5.91 Å². The molecule has 0 saturated heterocycles. The number of nitrogens with two attached hydrogens (primary N) is 2. The fourth-order valence-corrected chi connectivity index (χ4v) is 1.89. The van der Waals surface area contributed by atoms with Crippen molar-refractivity contribution < 1.29 is 4.79 Å². The summed E-state index contributed by atoms with van der Waals surface area (Å²) in [7, 11) is 0.